The smallest absolute Gasteiger partial charge is 0.338 e. The minimum absolute atomic E-state index is 0.148. The lowest BCUT2D eigenvalue weighted by atomic mass is 10.2. The van der Waals surface area contributed by atoms with Crippen LogP contribution in [0.2, 0.25) is 0 Å². The molecular formula is C15H25N2O4S+. The molecule has 1 rings (SSSR count). The summed E-state index contributed by atoms with van der Waals surface area (Å²) >= 11 is 0. The molecule has 0 fully saturated rings. The zero-order chi connectivity index (χ0) is 16.6. The molecule has 0 atom stereocenters. The normalized spacial score (nSPS) is 11.6. The Labute approximate surface area is 132 Å². The van der Waals surface area contributed by atoms with Crippen molar-refractivity contribution in [2.45, 2.75) is 25.7 Å². The van der Waals surface area contributed by atoms with Crippen molar-refractivity contribution in [1.29, 1.82) is 0 Å². The molecular weight excluding hydrogens is 304 g/mol. The predicted molar refractivity (Wildman–Crippen MR) is 84.5 cm³/mol. The van der Waals surface area contributed by atoms with E-state index < -0.39 is 16.0 Å². The van der Waals surface area contributed by atoms with E-state index >= 15 is 0 Å². The molecule has 6 nitrogen and oxygen atoms in total. The van der Waals surface area contributed by atoms with Crippen LogP contribution in [0.3, 0.4) is 0 Å². The number of quaternary nitrogens is 1. The number of rotatable bonds is 9. The highest BCUT2D eigenvalue weighted by atomic mass is 32.2. The van der Waals surface area contributed by atoms with Crippen LogP contribution in [0.15, 0.2) is 29.2 Å². The number of nitrogens with one attached hydrogen (secondary N) is 2. The average molecular weight is 329 g/mol. The summed E-state index contributed by atoms with van der Waals surface area (Å²) < 4.78 is 31.8. The zero-order valence-electron chi connectivity index (χ0n) is 13.4. The van der Waals surface area contributed by atoms with Gasteiger partial charge in [-0.2, -0.15) is 0 Å². The van der Waals surface area contributed by atoms with Gasteiger partial charge in [0.15, 0.2) is 0 Å². The van der Waals surface area contributed by atoms with Crippen LogP contribution in [-0.2, 0) is 14.8 Å². The first-order valence-electron chi connectivity index (χ1n) is 7.55. The van der Waals surface area contributed by atoms with E-state index in [1.54, 1.807) is 6.92 Å². The van der Waals surface area contributed by atoms with Gasteiger partial charge in [0, 0.05) is 0 Å². The molecule has 7 heteroatoms. The number of likely N-dealkylation sites (N-methyl/N-ethyl adjacent to an activating group) is 1. The molecule has 0 amide bonds. The third-order valence-electron chi connectivity index (χ3n) is 3.45. The summed E-state index contributed by atoms with van der Waals surface area (Å²) in [5, 5.41) is 0. The van der Waals surface area contributed by atoms with Crippen molar-refractivity contribution in [3.05, 3.63) is 29.8 Å². The first-order valence-corrected chi connectivity index (χ1v) is 9.03. The number of carbonyl (C=O) groups excluding carboxylic acids is 1. The van der Waals surface area contributed by atoms with E-state index in [-0.39, 0.29) is 11.5 Å². The van der Waals surface area contributed by atoms with Crippen molar-refractivity contribution < 1.29 is 22.8 Å². The first-order chi connectivity index (χ1) is 10.4. The van der Waals surface area contributed by atoms with Crippen LogP contribution in [0, 0.1) is 0 Å². The molecule has 0 spiro atoms. The summed E-state index contributed by atoms with van der Waals surface area (Å²) in [5.74, 6) is -0.454. The van der Waals surface area contributed by atoms with E-state index in [4.69, 9.17) is 4.74 Å². The predicted octanol–water partition coefficient (Wildman–Crippen LogP) is 0.0663. The number of hydrogen-bond donors (Lipinski definition) is 2. The highest BCUT2D eigenvalue weighted by Gasteiger charge is 2.15. The molecule has 124 valence electrons. The highest BCUT2D eigenvalue weighted by Crippen LogP contribution is 2.11. The van der Waals surface area contributed by atoms with Gasteiger partial charge in [0.05, 0.1) is 43.2 Å². The van der Waals surface area contributed by atoms with E-state index in [0.29, 0.717) is 12.1 Å². The van der Waals surface area contributed by atoms with Crippen LogP contribution < -0.4 is 9.62 Å². The number of sulfonamides is 1. The lowest BCUT2D eigenvalue weighted by Gasteiger charge is -2.15. The molecule has 0 aromatic heterocycles. The van der Waals surface area contributed by atoms with Crippen LogP contribution in [0.1, 0.15) is 31.1 Å². The second kappa shape index (κ2) is 8.87. The summed E-state index contributed by atoms with van der Waals surface area (Å²) in [4.78, 5) is 13.0. The maximum absolute atomic E-state index is 12.2. The molecule has 0 aliphatic heterocycles. The van der Waals surface area contributed by atoms with Crippen molar-refractivity contribution in [2.24, 2.45) is 0 Å². The molecule has 22 heavy (non-hydrogen) atoms. The molecule has 0 saturated carbocycles. The lowest BCUT2D eigenvalue weighted by Crippen LogP contribution is -3.12. The Hall–Kier alpha value is -1.44. The van der Waals surface area contributed by atoms with Crippen molar-refractivity contribution >= 4 is 16.0 Å². The van der Waals surface area contributed by atoms with Crippen molar-refractivity contribution in [3.63, 3.8) is 0 Å². The van der Waals surface area contributed by atoms with E-state index in [2.05, 4.69) is 18.6 Å². The summed E-state index contributed by atoms with van der Waals surface area (Å²) in [7, 11) is -3.54. The van der Waals surface area contributed by atoms with Gasteiger partial charge in [0.25, 0.3) is 0 Å². The van der Waals surface area contributed by atoms with Gasteiger partial charge in [-0.15, -0.1) is 0 Å². The summed E-state index contributed by atoms with van der Waals surface area (Å²) in [5.41, 5.74) is 0.341. The van der Waals surface area contributed by atoms with Crippen LogP contribution in [0.4, 0.5) is 0 Å². The SMILES string of the molecule is CCOC(=O)c1ccc(S(=O)(=O)NCC[NH+](CC)CC)cc1. The fourth-order valence-electron chi connectivity index (χ4n) is 2.03. The molecule has 1 aromatic carbocycles. The van der Waals surface area contributed by atoms with Gasteiger partial charge in [-0.1, -0.05) is 0 Å². The van der Waals surface area contributed by atoms with Gasteiger partial charge in [-0.05, 0) is 45.0 Å². The van der Waals surface area contributed by atoms with Gasteiger partial charge in [-0.3, -0.25) is 0 Å². The number of benzene rings is 1. The molecule has 0 heterocycles. The Bertz CT molecular complexity index is 566. The summed E-state index contributed by atoms with van der Waals surface area (Å²) in [6, 6.07) is 5.75. The summed E-state index contributed by atoms with van der Waals surface area (Å²) in [6.45, 7) is 9.21. The quantitative estimate of drug-likeness (QED) is 0.629. The third-order valence-corrected chi connectivity index (χ3v) is 4.92. The Morgan fingerprint density at radius 1 is 1.14 bits per heavy atom. The molecule has 0 bridgehead atoms. The molecule has 2 N–H and O–H groups in total. The van der Waals surface area contributed by atoms with E-state index in [1.807, 2.05) is 0 Å². The zero-order valence-corrected chi connectivity index (χ0v) is 14.2. The average Bonchev–Trinajstić information content (AvgIpc) is 2.52. The maximum atomic E-state index is 12.2. The lowest BCUT2D eigenvalue weighted by molar-refractivity contribution is -0.895. The molecule has 0 radical (unpaired) electrons. The van der Waals surface area contributed by atoms with Gasteiger partial charge >= 0.3 is 5.97 Å². The van der Waals surface area contributed by atoms with Crippen molar-refractivity contribution in [1.82, 2.24) is 4.72 Å². The largest absolute Gasteiger partial charge is 0.462 e. The number of ether oxygens (including phenoxy) is 1. The molecule has 1 aromatic rings. The third kappa shape index (κ3) is 5.40. The molecule has 0 unspecified atom stereocenters. The van der Waals surface area contributed by atoms with Gasteiger partial charge in [0.1, 0.15) is 0 Å². The van der Waals surface area contributed by atoms with E-state index in [9.17, 15) is 13.2 Å². The van der Waals surface area contributed by atoms with Gasteiger partial charge in [-0.25, -0.2) is 17.9 Å². The molecule has 0 saturated heterocycles. The topological polar surface area (TPSA) is 76.9 Å². The fourth-order valence-corrected chi connectivity index (χ4v) is 3.07. The number of esters is 1. The Kier molecular flexibility index (Phi) is 7.50. The molecule has 0 aliphatic rings. The summed E-state index contributed by atoms with van der Waals surface area (Å²) in [6.07, 6.45) is 0. The van der Waals surface area contributed by atoms with Crippen LogP contribution in [-0.4, -0.2) is 47.2 Å². The number of carbonyl (C=O) groups is 1. The Balaban J connectivity index is 2.67. The Morgan fingerprint density at radius 2 is 1.73 bits per heavy atom. The maximum Gasteiger partial charge on any atom is 0.338 e. The first kappa shape index (κ1) is 18.6. The van der Waals surface area contributed by atoms with Crippen LogP contribution in [0.5, 0.6) is 0 Å². The van der Waals surface area contributed by atoms with Crippen LogP contribution >= 0.6 is 0 Å². The fraction of sp³-hybridized carbons (Fsp3) is 0.533. The van der Waals surface area contributed by atoms with E-state index in [0.717, 1.165) is 19.6 Å². The van der Waals surface area contributed by atoms with E-state index in [1.165, 1.54) is 29.2 Å². The standard InChI is InChI=1S/C15H24N2O4S/c1-4-17(5-2)12-11-16-22(19,20)14-9-7-13(8-10-14)15(18)21-6-3/h7-10,16H,4-6,11-12H2,1-3H3/p+1. The van der Waals surface area contributed by atoms with Crippen molar-refractivity contribution in [3.8, 4) is 0 Å². The minimum atomic E-state index is -3.54. The van der Waals surface area contributed by atoms with Crippen LogP contribution in [0.25, 0.3) is 0 Å². The second-order valence-electron chi connectivity index (χ2n) is 4.85. The molecule has 0 aliphatic carbocycles. The van der Waals surface area contributed by atoms with Gasteiger partial charge < -0.3 is 9.64 Å². The Morgan fingerprint density at radius 3 is 2.23 bits per heavy atom. The minimum Gasteiger partial charge on any atom is -0.462 e. The highest BCUT2D eigenvalue weighted by molar-refractivity contribution is 7.89. The number of hydrogen-bond acceptors (Lipinski definition) is 4. The monoisotopic (exact) mass is 329 g/mol. The second-order valence-corrected chi connectivity index (χ2v) is 6.62. The van der Waals surface area contributed by atoms with Gasteiger partial charge in [0.2, 0.25) is 10.0 Å². The van der Waals surface area contributed by atoms with Crippen molar-refractivity contribution in [2.75, 3.05) is 32.8 Å².